The van der Waals surface area contributed by atoms with E-state index in [0.717, 1.165) is 30.6 Å². The number of hydrogen-bond donors (Lipinski definition) is 1. The summed E-state index contributed by atoms with van der Waals surface area (Å²) < 4.78 is 7.47. The van der Waals surface area contributed by atoms with Crippen molar-refractivity contribution < 1.29 is 9.53 Å². The van der Waals surface area contributed by atoms with Crippen LogP contribution in [0.5, 0.6) is 0 Å². The number of ether oxygens (including phenoxy) is 1. The summed E-state index contributed by atoms with van der Waals surface area (Å²) in [5.74, 6) is -0.105. The van der Waals surface area contributed by atoms with Gasteiger partial charge >= 0.3 is 0 Å². The fraction of sp³-hybridized carbons (Fsp3) is 0.333. The van der Waals surface area contributed by atoms with Crippen LogP contribution in [0, 0.1) is 13.8 Å². The summed E-state index contributed by atoms with van der Waals surface area (Å²) in [7, 11) is 0. The van der Waals surface area contributed by atoms with Crippen molar-refractivity contribution in [2.24, 2.45) is 0 Å². The summed E-state index contributed by atoms with van der Waals surface area (Å²) in [6.45, 7) is 6.07. The number of aryl methyl sites for hydroxylation is 2. The van der Waals surface area contributed by atoms with Crippen LogP contribution in [-0.2, 0) is 11.3 Å². The lowest BCUT2D eigenvalue weighted by Gasteiger charge is -2.10. The number of carbonyl (C=O) groups is 1. The fourth-order valence-electron chi connectivity index (χ4n) is 3.58. The third-order valence-corrected chi connectivity index (χ3v) is 5.31. The Kier molecular flexibility index (Phi) is 5.76. The number of hydrogen-bond acceptors (Lipinski definition) is 3. The van der Waals surface area contributed by atoms with Crippen molar-refractivity contribution in [2.45, 2.75) is 39.3 Å². The Morgan fingerprint density at radius 1 is 1.10 bits per heavy atom. The highest BCUT2D eigenvalue weighted by molar-refractivity contribution is 5.99. The minimum atomic E-state index is -0.105. The predicted molar refractivity (Wildman–Crippen MR) is 114 cm³/mol. The Labute approximate surface area is 171 Å². The van der Waals surface area contributed by atoms with Gasteiger partial charge in [0.2, 0.25) is 0 Å². The molecule has 29 heavy (non-hydrogen) atoms. The largest absolute Gasteiger partial charge is 0.376 e. The molecule has 1 aliphatic rings. The van der Waals surface area contributed by atoms with Crippen molar-refractivity contribution in [1.82, 2.24) is 15.1 Å². The van der Waals surface area contributed by atoms with Gasteiger partial charge in [0.05, 0.1) is 18.2 Å². The molecule has 5 nitrogen and oxygen atoms in total. The molecule has 1 aliphatic heterocycles. The Morgan fingerprint density at radius 2 is 1.79 bits per heavy atom. The van der Waals surface area contributed by atoms with Crippen molar-refractivity contribution in [3.8, 4) is 11.3 Å². The summed E-state index contributed by atoms with van der Waals surface area (Å²) in [6, 6.07) is 16.5. The SMILES string of the molecule is Cc1ccc(Cn2cc(C(=O)NC[C@H]3CCCO3)c(-c3ccc(C)cc3)n2)cc1. The molecule has 150 valence electrons. The Balaban J connectivity index is 1.59. The Morgan fingerprint density at radius 3 is 2.45 bits per heavy atom. The topological polar surface area (TPSA) is 56.2 Å². The van der Waals surface area contributed by atoms with E-state index in [9.17, 15) is 4.79 Å². The van der Waals surface area contributed by atoms with Crippen molar-refractivity contribution >= 4 is 5.91 Å². The molecule has 2 heterocycles. The fourth-order valence-corrected chi connectivity index (χ4v) is 3.58. The van der Waals surface area contributed by atoms with E-state index in [1.807, 2.05) is 35.1 Å². The summed E-state index contributed by atoms with van der Waals surface area (Å²) in [5.41, 5.74) is 5.81. The molecule has 1 atom stereocenters. The number of nitrogens with zero attached hydrogens (tertiary/aromatic N) is 2. The molecule has 1 aromatic heterocycles. The van der Waals surface area contributed by atoms with Gasteiger partial charge in [-0.2, -0.15) is 5.10 Å². The average Bonchev–Trinajstić information content (AvgIpc) is 3.39. The lowest BCUT2D eigenvalue weighted by Crippen LogP contribution is -2.31. The van der Waals surface area contributed by atoms with Crippen LogP contribution in [0.4, 0.5) is 0 Å². The molecule has 0 spiro atoms. The molecule has 1 fully saturated rings. The summed E-state index contributed by atoms with van der Waals surface area (Å²) in [6.07, 6.45) is 4.02. The number of rotatable bonds is 6. The van der Waals surface area contributed by atoms with E-state index in [-0.39, 0.29) is 12.0 Å². The van der Waals surface area contributed by atoms with E-state index < -0.39 is 0 Å². The van der Waals surface area contributed by atoms with Crippen LogP contribution < -0.4 is 5.32 Å². The molecule has 4 rings (SSSR count). The van der Waals surface area contributed by atoms with E-state index in [2.05, 4.69) is 43.4 Å². The third-order valence-electron chi connectivity index (χ3n) is 5.31. The first-order valence-corrected chi connectivity index (χ1v) is 10.2. The minimum Gasteiger partial charge on any atom is -0.376 e. The summed E-state index contributed by atoms with van der Waals surface area (Å²) >= 11 is 0. The lowest BCUT2D eigenvalue weighted by molar-refractivity contribution is 0.0858. The van der Waals surface area contributed by atoms with Crippen LogP contribution in [0.3, 0.4) is 0 Å². The highest BCUT2D eigenvalue weighted by atomic mass is 16.5. The maximum absolute atomic E-state index is 13.0. The second kappa shape index (κ2) is 8.62. The number of carbonyl (C=O) groups excluding carboxylic acids is 1. The van der Waals surface area contributed by atoms with E-state index in [4.69, 9.17) is 9.84 Å². The van der Waals surface area contributed by atoms with Gasteiger partial charge in [-0.05, 0) is 32.3 Å². The molecular weight excluding hydrogens is 362 g/mol. The standard InChI is InChI=1S/C24H27N3O2/c1-17-5-9-19(10-6-17)15-27-16-22(24(28)25-14-21-4-3-13-29-21)23(26-27)20-11-7-18(2)8-12-20/h5-12,16,21H,3-4,13-15H2,1-2H3,(H,25,28)/t21-/m1/s1. The molecule has 5 heteroatoms. The molecule has 2 aromatic carbocycles. The zero-order valence-corrected chi connectivity index (χ0v) is 17.0. The van der Waals surface area contributed by atoms with Gasteiger partial charge in [-0.25, -0.2) is 0 Å². The Bertz CT molecular complexity index is 968. The van der Waals surface area contributed by atoms with Crippen molar-refractivity contribution in [3.63, 3.8) is 0 Å². The van der Waals surface area contributed by atoms with Crippen LogP contribution in [-0.4, -0.2) is 34.9 Å². The van der Waals surface area contributed by atoms with Gasteiger partial charge in [-0.3, -0.25) is 9.48 Å². The van der Waals surface area contributed by atoms with Gasteiger partial charge in [0, 0.05) is 24.9 Å². The zero-order valence-electron chi connectivity index (χ0n) is 17.0. The molecule has 0 unspecified atom stereocenters. The van der Waals surface area contributed by atoms with Gasteiger partial charge in [0.1, 0.15) is 5.69 Å². The van der Waals surface area contributed by atoms with E-state index in [0.29, 0.717) is 24.3 Å². The predicted octanol–water partition coefficient (Wildman–Crippen LogP) is 4.12. The number of aromatic nitrogens is 2. The van der Waals surface area contributed by atoms with Gasteiger partial charge in [0.15, 0.2) is 0 Å². The average molecular weight is 389 g/mol. The van der Waals surface area contributed by atoms with Crippen molar-refractivity contribution in [3.05, 3.63) is 77.0 Å². The van der Waals surface area contributed by atoms with Crippen LogP contribution in [0.15, 0.2) is 54.7 Å². The van der Waals surface area contributed by atoms with Gasteiger partial charge in [-0.15, -0.1) is 0 Å². The van der Waals surface area contributed by atoms with Gasteiger partial charge in [-0.1, -0.05) is 59.7 Å². The maximum atomic E-state index is 13.0. The molecule has 0 radical (unpaired) electrons. The molecule has 3 aromatic rings. The van der Waals surface area contributed by atoms with E-state index in [1.54, 1.807) is 0 Å². The molecule has 1 N–H and O–H groups in total. The second-order valence-electron chi connectivity index (χ2n) is 7.79. The maximum Gasteiger partial charge on any atom is 0.255 e. The molecule has 1 saturated heterocycles. The normalized spacial score (nSPS) is 16.1. The quantitative estimate of drug-likeness (QED) is 0.690. The summed E-state index contributed by atoms with van der Waals surface area (Å²) in [5, 5.41) is 7.78. The first-order chi connectivity index (χ1) is 14.1. The van der Waals surface area contributed by atoms with Gasteiger partial charge < -0.3 is 10.1 Å². The van der Waals surface area contributed by atoms with E-state index in [1.165, 1.54) is 11.1 Å². The highest BCUT2D eigenvalue weighted by Crippen LogP contribution is 2.23. The summed E-state index contributed by atoms with van der Waals surface area (Å²) in [4.78, 5) is 13.0. The first kappa shape index (κ1) is 19.4. The highest BCUT2D eigenvalue weighted by Gasteiger charge is 2.21. The molecular formula is C24H27N3O2. The molecule has 0 saturated carbocycles. The van der Waals surface area contributed by atoms with Crippen LogP contribution in [0.25, 0.3) is 11.3 Å². The lowest BCUT2D eigenvalue weighted by atomic mass is 10.1. The molecule has 0 aliphatic carbocycles. The first-order valence-electron chi connectivity index (χ1n) is 10.2. The van der Waals surface area contributed by atoms with Crippen molar-refractivity contribution in [1.29, 1.82) is 0 Å². The number of amides is 1. The minimum absolute atomic E-state index is 0.105. The Hall–Kier alpha value is -2.92. The molecule has 1 amide bonds. The van der Waals surface area contributed by atoms with Gasteiger partial charge in [0.25, 0.3) is 5.91 Å². The van der Waals surface area contributed by atoms with Crippen LogP contribution in [0.1, 0.15) is 39.9 Å². The third kappa shape index (κ3) is 4.74. The smallest absolute Gasteiger partial charge is 0.255 e. The van der Waals surface area contributed by atoms with Crippen LogP contribution >= 0.6 is 0 Å². The van der Waals surface area contributed by atoms with E-state index >= 15 is 0 Å². The number of nitrogens with one attached hydrogen (secondary N) is 1. The monoisotopic (exact) mass is 389 g/mol. The van der Waals surface area contributed by atoms with Crippen LogP contribution in [0.2, 0.25) is 0 Å². The molecule has 0 bridgehead atoms. The number of benzene rings is 2. The second-order valence-corrected chi connectivity index (χ2v) is 7.79. The van der Waals surface area contributed by atoms with Crippen molar-refractivity contribution in [2.75, 3.05) is 13.2 Å². The zero-order chi connectivity index (χ0) is 20.2.